The Bertz CT molecular complexity index is 1220. The van der Waals surface area contributed by atoms with Gasteiger partial charge in [0.1, 0.15) is 17.8 Å². The molecule has 0 unspecified atom stereocenters. The summed E-state index contributed by atoms with van der Waals surface area (Å²) in [5.41, 5.74) is 1.91. The van der Waals surface area contributed by atoms with Crippen molar-refractivity contribution in [2.75, 3.05) is 0 Å². The van der Waals surface area contributed by atoms with Crippen LogP contribution in [0.2, 0.25) is 5.02 Å². The molecule has 2 aromatic carbocycles. The molecule has 0 radical (unpaired) electrons. The molecule has 11 heteroatoms. The summed E-state index contributed by atoms with van der Waals surface area (Å²) < 4.78 is 45.9. The van der Waals surface area contributed by atoms with Gasteiger partial charge >= 0.3 is 6.43 Å². The van der Waals surface area contributed by atoms with Crippen LogP contribution in [0.5, 0.6) is 0 Å². The van der Waals surface area contributed by atoms with Gasteiger partial charge in [0.15, 0.2) is 0 Å². The second kappa shape index (κ2) is 8.07. The third-order valence-electron chi connectivity index (χ3n) is 4.15. The summed E-state index contributed by atoms with van der Waals surface area (Å²) in [7, 11) is 0. The Balaban J connectivity index is 1.55. The molecule has 2 heterocycles. The van der Waals surface area contributed by atoms with E-state index in [4.69, 9.17) is 16.0 Å². The van der Waals surface area contributed by atoms with Gasteiger partial charge in [0.25, 0.3) is 5.89 Å². The highest BCUT2D eigenvalue weighted by Gasteiger charge is 2.18. The van der Waals surface area contributed by atoms with Gasteiger partial charge < -0.3 is 4.42 Å². The Morgan fingerprint density at radius 1 is 1.10 bits per heavy atom. The minimum absolute atomic E-state index is 0.0618. The minimum atomic E-state index is -2.90. The van der Waals surface area contributed by atoms with E-state index in [1.807, 2.05) is 0 Å². The maximum atomic E-state index is 14.5. The van der Waals surface area contributed by atoms with Crippen molar-refractivity contribution in [3.63, 3.8) is 0 Å². The van der Waals surface area contributed by atoms with Crippen LogP contribution < -0.4 is 0 Å². The van der Waals surface area contributed by atoms with E-state index >= 15 is 0 Å². The maximum absolute atomic E-state index is 14.5. The Hall–Kier alpha value is -3.53. The first-order valence-corrected chi connectivity index (χ1v) is 8.87. The molecule has 2 aromatic heterocycles. The van der Waals surface area contributed by atoms with Crippen molar-refractivity contribution >= 4 is 17.9 Å². The fraction of sp³-hybridized carbons (Fsp3) is 0.105. The van der Waals surface area contributed by atoms with Gasteiger partial charge in [-0.1, -0.05) is 22.9 Å². The lowest BCUT2D eigenvalue weighted by Gasteiger charge is -2.04. The molecule has 0 saturated heterocycles. The largest absolute Gasteiger partial charge is 0.415 e. The molecule has 0 amide bonds. The van der Waals surface area contributed by atoms with E-state index in [0.717, 1.165) is 6.07 Å². The SMILES string of the molecule is O=Cc1cc(Cl)cc(-c2cn(Cc3ccc(-c4nnc(C(F)F)o4)cc3F)nn2)c1. The van der Waals surface area contributed by atoms with E-state index in [1.54, 1.807) is 18.3 Å². The summed E-state index contributed by atoms with van der Waals surface area (Å²) in [6, 6.07) is 8.82. The van der Waals surface area contributed by atoms with Gasteiger partial charge in [-0.3, -0.25) is 4.79 Å². The third-order valence-corrected chi connectivity index (χ3v) is 4.37. The highest BCUT2D eigenvalue weighted by atomic mass is 35.5. The van der Waals surface area contributed by atoms with Crippen LogP contribution >= 0.6 is 11.6 Å². The molecule has 0 N–H and O–H groups in total. The molecule has 4 aromatic rings. The first-order chi connectivity index (χ1) is 14.4. The average molecular weight is 434 g/mol. The van der Waals surface area contributed by atoms with Crippen LogP contribution in [0.4, 0.5) is 13.2 Å². The number of hydrogen-bond acceptors (Lipinski definition) is 6. The van der Waals surface area contributed by atoms with Crippen LogP contribution in [0.3, 0.4) is 0 Å². The molecular weight excluding hydrogens is 423 g/mol. The number of halogens is 4. The van der Waals surface area contributed by atoms with Gasteiger partial charge in [-0.25, -0.2) is 9.07 Å². The standard InChI is InChI=1S/C19H11ClF3N5O2/c20-14-4-10(9-29)3-13(5-14)16-8-28(27-24-16)7-12-2-1-11(6-15(12)21)18-25-26-19(30-18)17(22)23/h1-6,8-9,17H,7H2. The summed E-state index contributed by atoms with van der Waals surface area (Å²) in [6.45, 7) is 0.0618. The molecular formula is C19H11ClF3N5O2. The second-order valence-electron chi connectivity index (χ2n) is 6.24. The number of alkyl halides is 2. The maximum Gasteiger partial charge on any atom is 0.314 e. The third kappa shape index (κ3) is 4.08. The Kier molecular flexibility index (Phi) is 5.32. The molecule has 0 atom stereocenters. The van der Waals surface area contributed by atoms with E-state index < -0.39 is 18.1 Å². The minimum Gasteiger partial charge on any atom is -0.415 e. The first-order valence-electron chi connectivity index (χ1n) is 8.49. The second-order valence-corrected chi connectivity index (χ2v) is 6.68. The molecule has 0 fully saturated rings. The van der Waals surface area contributed by atoms with E-state index in [9.17, 15) is 18.0 Å². The zero-order valence-electron chi connectivity index (χ0n) is 15.0. The van der Waals surface area contributed by atoms with Crippen LogP contribution in [0.15, 0.2) is 47.0 Å². The number of rotatable bonds is 6. The lowest BCUT2D eigenvalue weighted by atomic mass is 10.1. The summed E-state index contributed by atoms with van der Waals surface area (Å²) in [5.74, 6) is -1.64. The highest BCUT2D eigenvalue weighted by molar-refractivity contribution is 6.31. The first kappa shape index (κ1) is 19.8. The Labute approximate surface area is 172 Å². The van der Waals surface area contributed by atoms with Crippen molar-refractivity contribution in [2.45, 2.75) is 13.0 Å². The summed E-state index contributed by atoms with van der Waals surface area (Å²) >= 11 is 6.00. The van der Waals surface area contributed by atoms with Crippen LogP contribution in [-0.4, -0.2) is 31.5 Å². The van der Waals surface area contributed by atoms with Crippen molar-refractivity contribution in [1.82, 2.24) is 25.2 Å². The Morgan fingerprint density at radius 2 is 1.93 bits per heavy atom. The van der Waals surface area contributed by atoms with Crippen molar-refractivity contribution in [3.05, 3.63) is 70.5 Å². The van der Waals surface area contributed by atoms with Gasteiger partial charge in [-0.05, 0) is 30.3 Å². The molecule has 7 nitrogen and oxygen atoms in total. The van der Waals surface area contributed by atoms with E-state index in [1.165, 1.54) is 22.9 Å². The summed E-state index contributed by atoms with van der Waals surface area (Å²) in [4.78, 5) is 11.0. The summed E-state index contributed by atoms with van der Waals surface area (Å²) in [5, 5.41) is 15.1. The lowest BCUT2D eigenvalue weighted by molar-refractivity contribution is 0.112. The molecule has 152 valence electrons. The number of carbonyl (C=O) groups excluding carboxylic acids is 1. The molecule has 30 heavy (non-hydrogen) atoms. The van der Waals surface area contributed by atoms with Crippen LogP contribution in [0, 0.1) is 5.82 Å². The predicted octanol–water partition coefficient (Wildman–Crippen LogP) is 4.59. The van der Waals surface area contributed by atoms with Crippen molar-refractivity contribution < 1.29 is 22.4 Å². The fourth-order valence-corrected chi connectivity index (χ4v) is 3.00. The van der Waals surface area contributed by atoms with Crippen molar-refractivity contribution in [1.29, 1.82) is 0 Å². The fourth-order valence-electron chi connectivity index (χ4n) is 2.76. The average Bonchev–Trinajstić information content (AvgIpc) is 3.39. The Morgan fingerprint density at radius 3 is 2.63 bits per heavy atom. The van der Waals surface area contributed by atoms with Crippen LogP contribution in [-0.2, 0) is 6.54 Å². The zero-order chi connectivity index (χ0) is 21.3. The monoisotopic (exact) mass is 433 g/mol. The van der Waals surface area contributed by atoms with Gasteiger partial charge in [0, 0.05) is 27.3 Å². The quantitative estimate of drug-likeness (QED) is 0.413. The van der Waals surface area contributed by atoms with Crippen LogP contribution in [0.1, 0.15) is 28.2 Å². The van der Waals surface area contributed by atoms with E-state index in [0.29, 0.717) is 28.1 Å². The molecule has 0 saturated carbocycles. The van der Waals surface area contributed by atoms with Crippen molar-refractivity contribution in [2.24, 2.45) is 0 Å². The lowest BCUT2D eigenvalue weighted by Crippen LogP contribution is -2.03. The number of hydrogen-bond donors (Lipinski definition) is 0. The number of aromatic nitrogens is 5. The van der Waals surface area contributed by atoms with Gasteiger partial charge in [0.05, 0.1) is 12.7 Å². The number of carbonyl (C=O) groups is 1. The topological polar surface area (TPSA) is 86.7 Å². The highest BCUT2D eigenvalue weighted by Crippen LogP contribution is 2.26. The number of benzene rings is 2. The molecule has 0 aliphatic carbocycles. The zero-order valence-corrected chi connectivity index (χ0v) is 15.7. The normalized spacial score (nSPS) is 11.2. The molecule has 0 aliphatic rings. The molecule has 0 bridgehead atoms. The van der Waals surface area contributed by atoms with Gasteiger partial charge in [-0.15, -0.1) is 15.3 Å². The van der Waals surface area contributed by atoms with Gasteiger partial charge in [-0.2, -0.15) is 8.78 Å². The molecule has 4 rings (SSSR count). The smallest absolute Gasteiger partial charge is 0.314 e. The number of nitrogens with zero attached hydrogens (tertiary/aromatic N) is 5. The van der Waals surface area contributed by atoms with Gasteiger partial charge in [0.2, 0.25) is 5.89 Å². The van der Waals surface area contributed by atoms with Crippen LogP contribution in [0.25, 0.3) is 22.7 Å². The molecule has 0 spiro atoms. The predicted molar refractivity (Wildman–Crippen MR) is 99.6 cm³/mol. The van der Waals surface area contributed by atoms with E-state index in [-0.39, 0.29) is 23.6 Å². The number of aldehydes is 1. The summed E-state index contributed by atoms with van der Waals surface area (Å²) in [6.07, 6.45) is -0.649. The molecule has 0 aliphatic heterocycles. The van der Waals surface area contributed by atoms with Crippen molar-refractivity contribution in [3.8, 4) is 22.7 Å². The van der Waals surface area contributed by atoms with E-state index in [2.05, 4.69) is 20.5 Å².